The summed E-state index contributed by atoms with van der Waals surface area (Å²) >= 11 is 0. The lowest BCUT2D eigenvalue weighted by molar-refractivity contribution is 0.104. The third kappa shape index (κ3) is 2.85. The molecule has 3 rings (SSSR count). The Morgan fingerprint density at radius 2 is 1.95 bits per heavy atom. The van der Waals surface area contributed by atoms with Gasteiger partial charge in [-0.05, 0) is 37.4 Å². The van der Waals surface area contributed by atoms with E-state index in [9.17, 15) is 0 Å². The Kier molecular flexibility index (Phi) is 4.05. The summed E-state index contributed by atoms with van der Waals surface area (Å²) in [5, 5.41) is 1.17. The summed E-state index contributed by atoms with van der Waals surface area (Å²) in [5.41, 5.74) is 8.62. The second kappa shape index (κ2) is 5.82. The molecule has 0 atom stereocenters. The Labute approximate surface area is 127 Å². The minimum Gasteiger partial charge on any atom is -0.459 e. The molecule has 2 N–H and O–H groups in total. The number of likely N-dealkylation sites (tertiary alicyclic amines) is 1. The number of benzene rings is 1. The molecule has 3 heteroatoms. The fourth-order valence-corrected chi connectivity index (χ4v) is 3.31. The van der Waals surface area contributed by atoms with Crippen LogP contribution in [0.15, 0.2) is 28.7 Å². The van der Waals surface area contributed by atoms with Crippen LogP contribution in [0.4, 0.5) is 0 Å². The first-order valence-corrected chi connectivity index (χ1v) is 8.07. The van der Waals surface area contributed by atoms with Crippen molar-refractivity contribution in [1.29, 1.82) is 0 Å². The summed E-state index contributed by atoms with van der Waals surface area (Å²) in [4.78, 5) is 2.51. The average Bonchev–Trinajstić information content (AvgIpc) is 2.87. The highest BCUT2D eigenvalue weighted by Crippen LogP contribution is 2.35. The van der Waals surface area contributed by atoms with Crippen LogP contribution in [0, 0.1) is 5.41 Å². The fourth-order valence-electron chi connectivity index (χ4n) is 3.31. The van der Waals surface area contributed by atoms with Crippen molar-refractivity contribution in [3.05, 3.63) is 35.6 Å². The Morgan fingerprint density at radius 1 is 1.24 bits per heavy atom. The van der Waals surface area contributed by atoms with Crippen LogP contribution in [0.2, 0.25) is 0 Å². The van der Waals surface area contributed by atoms with Gasteiger partial charge in [0.1, 0.15) is 11.3 Å². The first-order valence-electron chi connectivity index (χ1n) is 8.07. The van der Waals surface area contributed by atoms with Crippen LogP contribution in [0.3, 0.4) is 0 Å². The van der Waals surface area contributed by atoms with Gasteiger partial charge in [0, 0.05) is 17.5 Å². The maximum Gasteiger partial charge on any atom is 0.134 e. The molecule has 1 aromatic heterocycles. The van der Waals surface area contributed by atoms with Gasteiger partial charge in [0.05, 0.1) is 6.54 Å². The molecule has 0 unspecified atom stereocenters. The summed E-state index contributed by atoms with van der Waals surface area (Å²) in [7, 11) is 0. The first kappa shape index (κ1) is 14.6. The van der Waals surface area contributed by atoms with E-state index in [1.807, 2.05) is 18.2 Å². The topological polar surface area (TPSA) is 42.4 Å². The van der Waals surface area contributed by atoms with Crippen molar-refractivity contribution >= 4 is 11.0 Å². The third-order valence-electron chi connectivity index (χ3n) is 5.27. The summed E-state index contributed by atoms with van der Waals surface area (Å²) in [5.74, 6) is 1.05. The number of nitrogens with two attached hydrogens (primary N) is 1. The lowest BCUT2D eigenvalue weighted by Crippen LogP contribution is -2.38. The van der Waals surface area contributed by atoms with E-state index in [1.165, 1.54) is 30.2 Å². The van der Waals surface area contributed by atoms with Gasteiger partial charge < -0.3 is 10.2 Å². The minimum absolute atomic E-state index is 0.529. The zero-order chi connectivity index (χ0) is 14.9. The molecule has 1 saturated heterocycles. The van der Waals surface area contributed by atoms with Gasteiger partial charge in [0.2, 0.25) is 0 Å². The molecular weight excluding hydrogens is 260 g/mol. The molecule has 2 aromatic rings. The van der Waals surface area contributed by atoms with Crippen molar-refractivity contribution in [1.82, 2.24) is 4.90 Å². The maximum atomic E-state index is 6.05. The molecule has 1 aromatic carbocycles. The summed E-state index contributed by atoms with van der Waals surface area (Å²) < 4.78 is 6.05. The van der Waals surface area contributed by atoms with Crippen molar-refractivity contribution < 1.29 is 4.42 Å². The van der Waals surface area contributed by atoms with Crippen LogP contribution >= 0.6 is 0 Å². The third-order valence-corrected chi connectivity index (χ3v) is 5.27. The molecule has 0 bridgehead atoms. The number of nitrogens with zero attached hydrogens (tertiary/aromatic N) is 1. The Morgan fingerprint density at radius 3 is 2.62 bits per heavy atom. The van der Waals surface area contributed by atoms with Crippen LogP contribution < -0.4 is 5.73 Å². The lowest BCUT2D eigenvalue weighted by atomic mass is 9.78. The average molecular weight is 286 g/mol. The van der Waals surface area contributed by atoms with E-state index >= 15 is 0 Å². The van der Waals surface area contributed by atoms with Gasteiger partial charge in [-0.25, -0.2) is 0 Å². The van der Waals surface area contributed by atoms with Crippen molar-refractivity contribution in [2.45, 2.75) is 46.2 Å². The van der Waals surface area contributed by atoms with Gasteiger partial charge in [-0.3, -0.25) is 4.90 Å². The predicted octanol–water partition coefficient (Wildman–Crippen LogP) is 3.90. The van der Waals surface area contributed by atoms with Crippen molar-refractivity contribution in [2.75, 3.05) is 13.1 Å². The number of para-hydroxylation sites is 1. The molecule has 0 aliphatic carbocycles. The van der Waals surface area contributed by atoms with Crippen molar-refractivity contribution in [3.8, 4) is 0 Å². The Hall–Kier alpha value is -1.32. The van der Waals surface area contributed by atoms with Crippen LogP contribution in [-0.2, 0) is 13.1 Å². The fraction of sp³-hybridized carbons (Fsp3) is 0.556. The van der Waals surface area contributed by atoms with Crippen LogP contribution in [0.25, 0.3) is 11.0 Å². The van der Waals surface area contributed by atoms with E-state index in [4.69, 9.17) is 10.2 Å². The molecule has 0 amide bonds. The predicted molar refractivity (Wildman–Crippen MR) is 87.0 cm³/mol. The van der Waals surface area contributed by atoms with Crippen molar-refractivity contribution in [3.63, 3.8) is 0 Å². The normalized spacial score (nSPS) is 19.2. The van der Waals surface area contributed by atoms with Crippen molar-refractivity contribution in [2.24, 2.45) is 11.1 Å². The molecule has 1 fully saturated rings. The molecule has 1 aliphatic rings. The van der Waals surface area contributed by atoms with Gasteiger partial charge >= 0.3 is 0 Å². The van der Waals surface area contributed by atoms with Gasteiger partial charge in [0.25, 0.3) is 0 Å². The zero-order valence-electron chi connectivity index (χ0n) is 13.2. The van der Waals surface area contributed by atoms with E-state index in [0.29, 0.717) is 12.0 Å². The summed E-state index contributed by atoms with van der Waals surface area (Å²) in [6, 6.07) is 8.20. The quantitative estimate of drug-likeness (QED) is 0.926. The molecule has 3 nitrogen and oxygen atoms in total. The SMILES string of the molecule is CCC1(C)CCN(Cc2oc3ccccc3c2CN)CC1. The van der Waals surface area contributed by atoms with Gasteiger partial charge in [0.15, 0.2) is 0 Å². The second-order valence-corrected chi connectivity index (χ2v) is 6.64. The number of rotatable bonds is 4. The number of piperidine rings is 1. The van der Waals surface area contributed by atoms with Crippen LogP contribution in [0.5, 0.6) is 0 Å². The molecule has 0 saturated carbocycles. The van der Waals surface area contributed by atoms with E-state index < -0.39 is 0 Å². The molecule has 0 radical (unpaired) electrons. The summed E-state index contributed by atoms with van der Waals surface area (Å²) in [6.45, 7) is 8.48. The van der Waals surface area contributed by atoms with E-state index in [0.717, 1.165) is 31.0 Å². The lowest BCUT2D eigenvalue weighted by Gasteiger charge is -2.38. The molecule has 21 heavy (non-hydrogen) atoms. The number of hydrogen-bond donors (Lipinski definition) is 1. The van der Waals surface area contributed by atoms with E-state index in [2.05, 4.69) is 24.8 Å². The highest BCUT2D eigenvalue weighted by atomic mass is 16.3. The maximum absolute atomic E-state index is 6.05. The Bertz CT molecular complexity index is 609. The highest BCUT2D eigenvalue weighted by Gasteiger charge is 2.29. The van der Waals surface area contributed by atoms with E-state index in [1.54, 1.807) is 0 Å². The smallest absolute Gasteiger partial charge is 0.134 e. The Balaban J connectivity index is 1.77. The van der Waals surface area contributed by atoms with Gasteiger partial charge in [-0.1, -0.05) is 38.5 Å². The monoisotopic (exact) mass is 286 g/mol. The first-order chi connectivity index (χ1) is 10.1. The van der Waals surface area contributed by atoms with Crippen LogP contribution in [-0.4, -0.2) is 18.0 Å². The van der Waals surface area contributed by atoms with E-state index in [-0.39, 0.29) is 0 Å². The minimum atomic E-state index is 0.529. The zero-order valence-corrected chi connectivity index (χ0v) is 13.2. The molecule has 114 valence electrons. The molecular formula is C18H26N2O. The number of furan rings is 1. The molecule has 2 heterocycles. The number of hydrogen-bond acceptors (Lipinski definition) is 3. The molecule has 1 aliphatic heterocycles. The van der Waals surface area contributed by atoms with Gasteiger partial charge in [-0.15, -0.1) is 0 Å². The second-order valence-electron chi connectivity index (χ2n) is 6.64. The number of fused-ring (bicyclic) bond motifs is 1. The summed E-state index contributed by atoms with van der Waals surface area (Å²) in [6.07, 6.45) is 3.84. The van der Waals surface area contributed by atoms with Gasteiger partial charge in [-0.2, -0.15) is 0 Å². The highest BCUT2D eigenvalue weighted by molar-refractivity contribution is 5.82. The standard InChI is InChI=1S/C18H26N2O/c1-3-18(2)8-10-20(11-9-18)13-17-15(12-19)14-6-4-5-7-16(14)21-17/h4-7H,3,8-13,19H2,1-2H3. The largest absolute Gasteiger partial charge is 0.459 e. The molecule has 0 spiro atoms. The van der Waals surface area contributed by atoms with Crippen LogP contribution in [0.1, 0.15) is 44.4 Å².